The van der Waals surface area contributed by atoms with Gasteiger partial charge in [0.25, 0.3) is 0 Å². The van der Waals surface area contributed by atoms with E-state index < -0.39 is 12.0 Å². The summed E-state index contributed by atoms with van der Waals surface area (Å²) in [5.41, 5.74) is 0. The summed E-state index contributed by atoms with van der Waals surface area (Å²) in [7, 11) is 0. The van der Waals surface area contributed by atoms with Crippen molar-refractivity contribution in [2.24, 2.45) is 17.8 Å². The quantitative estimate of drug-likeness (QED) is 0.834. The number of hydrogen-bond donors (Lipinski definition) is 2. The Balaban J connectivity index is 1.91. The van der Waals surface area contributed by atoms with Gasteiger partial charge >= 0.3 is 12.0 Å². The number of piperidine rings is 1. The molecular formula is C15H26N2O3. The van der Waals surface area contributed by atoms with Crippen molar-refractivity contribution in [3.63, 3.8) is 0 Å². The number of carbonyl (C=O) groups is 2. The number of rotatable bonds is 3. The number of amides is 2. The number of carboxylic acid groups (broad SMARTS) is 1. The molecule has 2 fully saturated rings. The van der Waals surface area contributed by atoms with Crippen LogP contribution in [0.25, 0.3) is 0 Å². The highest BCUT2D eigenvalue weighted by atomic mass is 16.4. The van der Waals surface area contributed by atoms with Crippen LogP contribution in [0.4, 0.5) is 4.79 Å². The lowest BCUT2D eigenvalue weighted by molar-refractivity contribution is -0.140. The molecule has 2 N–H and O–H groups in total. The van der Waals surface area contributed by atoms with Gasteiger partial charge in [0.2, 0.25) is 0 Å². The molecule has 0 bridgehead atoms. The number of hydrogen-bond acceptors (Lipinski definition) is 2. The van der Waals surface area contributed by atoms with E-state index in [4.69, 9.17) is 5.11 Å². The SMILES string of the molecule is CC(C)[C@H](NC(=O)N1CCC2CCCCC2C1)C(=O)O. The van der Waals surface area contributed by atoms with Gasteiger partial charge in [0.1, 0.15) is 6.04 Å². The lowest BCUT2D eigenvalue weighted by Crippen LogP contribution is -2.53. The largest absolute Gasteiger partial charge is 0.480 e. The van der Waals surface area contributed by atoms with Gasteiger partial charge in [-0.15, -0.1) is 0 Å². The zero-order valence-electron chi connectivity index (χ0n) is 12.5. The van der Waals surface area contributed by atoms with Crippen molar-refractivity contribution in [1.82, 2.24) is 10.2 Å². The molecule has 2 unspecified atom stereocenters. The first-order chi connectivity index (χ1) is 9.49. The van der Waals surface area contributed by atoms with Crippen molar-refractivity contribution in [3.05, 3.63) is 0 Å². The fourth-order valence-corrected chi connectivity index (χ4v) is 3.52. The standard InChI is InChI=1S/C15H26N2O3/c1-10(2)13(14(18)19)16-15(20)17-8-7-11-5-3-4-6-12(11)9-17/h10-13H,3-9H2,1-2H3,(H,16,20)(H,18,19)/t11?,12?,13-/m0/s1. The molecule has 1 aliphatic carbocycles. The molecule has 114 valence electrons. The second kappa shape index (κ2) is 6.46. The average molecular weight is 282 g/mol. The molecule has 2 rings (SSSR count). The van der Waals surface area contributed by atoms with Gasteiger partial charge in [-0.1, -0.05) is 33.1 Å². The molecule has 0 aromatic rings. The minimum Gasteiger partial charge on any atom is -0.480 e. The van der Waals surface area contributed by atoms with Gasteiger partial charge < -0.3 is 15.3 Å². The van der Waals surface area contributed by atoms with Gasteiger partial charge in [-0.05, 0) is 30.6 Å². The van der Waals surface area contributed by atoms with Crippen LogP contribution in [0, 0.1) is 17.8 Å². The average Bonchev–Trinajstić information content (AvgIpc) is 2.43. The number of aliphatic carboxylic acids is 1. The minimum absolute atomic E-state index is 0.108. The Morgan fingerprint density at radius 1 is 1.15 bits per heavy atom. The molecule has 5 nitrogen and oxygen atoms in total. The first-order valence-corrected chi connectivity index (χ1v) is 7.77. The van der Waals surface area contributed by atoms with Crippen LogP contribution in [-0.4, -0.2) is 41.1 Å². The lowest BCUT2D eigenvalue weighted by Gasteiger charge is -2.41. The van der Waals surface area contributed by atoms with E-state index in [1.807, 2.05) is 18.7 Å². The maximum atomic E-state index is 12.2. The molecule has 20 heavy (non-hydrogen) atoms. The third-order valence-corrected chi connectivity index (χ3v) is 4.79. The molecule has 1 aliphatic heterocycles. The molecule has 2 amide bonds. The number of fused-ring (bicyclic) bond motifs is 1. The van der Waals surface area contributed by atoms with Crippen LogP contribution < -0.4 is 5.32 Å². The summed E-state index contributed by atoms with van der Waals surface area (Å²) < 4.78 is 0. The van der Waals surface area contributed by atoms with E-state index in [2.05, 4.69) is 5.32 Å². The number of nitrogens with one attached hydrogen (secondary N) is 1. The van der Waals surface area contributed by atoms with Gasteiger partial charge in [0, 0.05) is 13.1 Å². The monoisotopic (exact) mass is 282 g/mol. The van der Waals surface area contributed by atoms with Crippen molar-refractivity contribution < 1.29 is 14.7 Å². The van der Waals surface area contributed by atoms with Crippen LogP contribution in [0.15, 0.2) is 0 Å². The Bertz CT molecular complexity index is 370. The summed E-state index contributed by atoms with van der Waals surface area (Å²) >= 11 is 0. The number of urea groups is 1. The van der Waals surface area contributed by atoms with Crippen LogP contribution in [0.1, 0.15) is 46.0 Å². The maximum absolute atomic E-state index is 12.2. The zero-order chi connectivity index (χ0) is 14.7. The van der Waals surface area contributed by atoms with Gasteiger partial charge in [-0.25, -0.2) is 9.59 Å². The summed E-state index contributed by atoms with van der Waals surface area (Å²) in [6.07, 6.45) is 6.16. The van der Waals surface area contributed by atoms with E-state index in [1.165, 1.54) is 25.7 Å². The third-order valence-electron chi connectivity index (χ3n) is 4.79. The molecule has 0 aromatic carbocycles. The predicted molar refractivity (Wildman–Crippen MR) is 76.4 cm³/mol. The predicted octanol–water partition coefficient (Wildman–Crippen LogP) is 2.32. The van der Waals surface area contributed by atoms with Gasteiger partial charge in [-0.3, -0.25) is 0 Å². The molecule has 0 spiro atoms. The second-order valence-electron chi connectivity index (χ2n) is 6.55. The molecular weight excluding hydrogens is 256 g/mol. The number of carboxylic acids is 1. The molecule has 0 aromatic heterocycles. The van der Waals surface area contributed by atoms with E-state index >= 15 is 0 Å². The van der Waals surface area contributed by atoms with Gasteiger partial charge in [0.15, 0.2) is 0 Å². The van der Waals surface area contributed by atoms with E-state index in [-0.39, 0.29) is 11.9 Å². The molecule has 0 radical (unpaired) electrons. The lowest BCUT2D eigenvalue weighted by atomic mass is 9.75. The van der Waals surface area contributed by atoms with Crippen LogP contribution in [0.3, 0.4) is 0 Å². The van der Waals surface area contributed by atoms with Crippen molar-refractivity contribution in [2.45, 2.75) is 52.0 Å². The second-order valence-corrected chi connectivity index (χ2v) is 6.55. The first kappa shape index (κ1) is 15.1. The van der Waals surface area contributed by atoms with Crippen LogP contribution in [-0.2, 0) is 4.79 Å². The topological polar surface area (TPSA) is 69.6 Å². The summed E-state index contributed by atoms with van der Waals surface area (Å²) in [5, 5.41) is 11.8. The maximum Gasteiger partial charge on any atom is 0.326 e. The van der Waals surface area contributed by atoms with Crippen molar-refractivity contribution in [3.8, 4) is 0 Å². The van der Waals surface area contributed by atoms with Crippen molar-refractivity contribution >= 4 is 12.0 Å². The Hall–Kier alpha value is -1.26. The van der Waals surface area contributed by atoms with E-state index in [1.54, 1.807) is 0 Å². The molecule has 5 heteroatoms. The highest BCUT2D eigenvalue weighted by Crippen LogP contribution is 2.35. The summed E-state index contributed by atoms with van der Waals surface area (Å²) in [6, 6.07) is -1.01. The zero-order valence-corrected chi connectivity index (χ0v) is 12.5. The minimum atomic E-state index is -0.957. The fraction of sp³-hybridized carbons (Fsp3) is 0.867. The van der Waals surface area contributed by atoms with Crippen LogP contribution in [0.2, 0.25) is 0 Å². The molecule has 3 atom stereocenters. The Morgan fingerprint density at radius 2 is 1.80 bits per heavy atom. The molecule has 1 heterocycles. The van der Waals surface area contributed by atoms with E-state index in [0.717, 1.165) is 25.4 Å². The normalized spacial score (nSPS) is 27.9. The van der Waals surface area contributed by atoms with Gasteiger partial charge in [0.05, 0.1) is 0 Å². The Kier molecular flexibility index (Phi) is 4.89. The molecule has 2 aliphatic rings. The number of likely N-dealkylation sites (tertiary alicyclic amines) is 1. The third kappa shape index (κ3) is 3.44. The highest BCUT2D eigenvalue weighted by Gasteiger charge is 2.34. The molecule has 1 saturated heterocycles. The molecule has 1 saturated carbocycles. The first-order valence-electron chi connectivity index (χ1n) is 7.77. The van der Waals surface area contributed by atoms with Crippen molar-refractivity contribution in [1.29, 1.82) is 0 Å². The Morgan fingerprint density at radius 3 is 2.40 bits per heavy atom. The summed E-state index contributed by atoms with van der Waals surface area (Å²) in [5.74, 6) is 0.323. The van der Waals surface area contributed by atoms with Gasteiger partial charge in [-0.2, -0.15) is 0 Å². The van der Waals surface area contributed by atoms with Crippen molar-refractivity contribution in [2.75, 3.05) is 13.1 Å². The van der Waals surface area contributed by atoms with Crippen LogP contribution in [0.5, 0.6) is 0 Å². The summed E-state index contributed by atoms with van der Waals surface area (Å²) in [4.78, 5) is 25.2. The highest BCUT2D eigenvalue weighted by molar-refractivity contribution is 5.82. The van der Waals surface area contributed by atoms with E-state index in [0.29, 0.717) is 5.92 Å². The summed E-state index contributed by atoms with van der Waals surface area (Å²) in [6.45, 7) is 5.18. The van der Waals surface area contributed by atoms with Crippen LogP contribution >= 0.6 is 0 Å². The number of nitrogens with zero attached hydrogens (tertiary/aromatic N) is 1. The number of carbonyl (C=O) groups excluding carboxylic acids is 1. The Labute approximate surface area is 120 Å². The van der Waals surface area contributed by atoms with E-state index in [9.17, 15) is 9.59 Å². The smallest absolute Gasteiger partial charge is 0.326 e. The fourth-order valence-electron chi connectivity index (χ4n) is 3.52.